The van der Waals surface area contributed by atoms with Gasteiger partial charge in [0.25, 0.3) is 0 Å². The molecule has 0 radical (unpaired) electrons. The summed E-state index contributed by atoms with van der Waals surface area (Å²) in [5, 5.41) is 3.50. The molecule has 0 amide bonds. The zero-order valence-electron chi connectivity index (χ0n) is 11.4. The minimum Gasteiger partial charge on any atom is -0.397 e. The Bertz CT molecular complexity index is 408. The Morgan fingerprint density at radius 2 is 1.83 bits per heavy atom. The van der Waals surface area contributed by atoms with E-state index in [-0.39, 0.29) is 5.54 Å². The Morgan fingerprint density at radius 3 is 2.39 bits per heavy atom. The van der Waals surface area contributed by atoms with Crippen molar-refractivity contribution in [3.8, 4) is 0 Å². The van der Waals surface area contributed by atoms with Gasteiger partial charge in [-0.25, -0.2) is 0 Å². The van der Waals surface area contributed by atoms with Crippen molar-refractivity contribution in [3.63, 3.8) is 0 Å². The zero-order chi connectivity index (χ0) is 13.2. The predicted octanol–water partition coefficient (Wildman–Crippen LogP) is 2.14. The van der Waals surface area contributed by atoms with E-state index in [1.54, 1.807) is 0 Å². The normalized spacial score (nSPS) is 18.2. The first-order chi connectivity index (χ1) is 8.53. The molecule has 100 valence electrons. The standard InChI is InChI=1S/C14H24N4/c1-18(2)14(7-3-4-8-14)10-17-11-5-6-12(15)13(16)9-11/h5-6,9,17H,3-4,7-8,10,15-16H2,1-2H3. The van der Waals surface area contributed by atoms with Gasteiger partial charge >= 0.3 is 0 Å². The number of hydrogen-bond acceptors (Lipinski definition) is 4. The molecular formula is C14H24N4. The van der Waals surface area contributed by atoms with E-state index in [4.69, 9.17) is 11.5 Å². The molecule has 2 rings (SSSR count). The average molecular weight is 248 g/mol. The van der Waals surface area contributed by atoms with Gasteiger partial charge in [0.15, 0.2) is 0 Å². The van der Waals surface area contributed by atoms with Crippen molar-refractivity contribution in [1.29, 1.82) is 0 Å². The number of nitrogen functional groups attached to an aromatic ring is 2. The molecule has 1 aliphatic rings. The monoisotopic (exact) mass is 248 g/mol. The maximum Gasteiger partial charge on any atom is 0.0568 e. The van der Waals surface area contributed by atoms with Gasteiger partial charge in [0.05, 0.1) is 11.4 Å². The van der Waals surface area contributed by atoms with E-state index >= 15 is 0 Å². The highest BCUT2D eigenvalue weighted by atomic mass is 15.2. The highest BCUT2D eigenvalue weighted by Gasteiger charge is 2.35. The number of hydrogen-bond donors (Lipinski definition) is 3. The molecule has 0 atom stereocenters. The fraction of sp³-hybridized carbons (Fsp3) is 0.571. The second-order valence-electron chi connectivity index (χ2n) is 5.52. The quantitative estimate of drug-likeness (QED) is 0.714. The summed E-state index contributed by atoms with van der Waals surface area (Å²) in [5.74, 6) is 0. The first-order valence-corrected chi connectivity index (χ1v) is 6.60. The molecular weight excluding hydrogens is 224 g/mol. The van der Waals surface area contributed by atoms with E-state index in [1.807, 2.05) is 18.2 Å². The van der Waals surface area contributed by atoms with Crippen LogP contribution in [0.4, 0.5) is 17.1 Å². The number of nitrogens with one attached hydrogen (secondary N) is 1. The molecule has 4 heteroatoms. The molecule has 0 aromatic heterocycles. The lowest BCUT2D eigenvalue weighted by Crippen LogP contribution is -2.47. The second-order valence-corrected chi connectivity index (χ2v) is 5.52. The van der Waals surface area contributed by atoms with Crippen molar-refractivity contribution in [2.45, 2.75) is 31.2 Å². The van der Waals surface area contributed by atoms with Gasteiger partial charge in [0.2, 0.25) is 0 Å². The van der Waals surface area contributed by atoms with Crippen LogP contribution in [-0.2, 0) is 0 Å². The fourth-order valence-corrected chi connectivity index (χ4v) is 2.77. The predicted molar refractivity (Wildman–Crippen MR) is 78.6 cm³/mol. The van der Waals surface area contributed by atoms with Gasteiger partial charge in [-0.05, 0) is 45.1 Å². The zero-order valence-corrected chi connectivity index (χ0v) is 11.4. The molecule has 1 aliphatic carbocycles. The molecule has 4 nitrogen and oxygen atoms in total. The lowest BCUT2D eigenvalue weighted by Gasteiger charge is -2.36. The van der Waals surface area contributed by atoms with Gasteiger partial charge < -0.3 is 21.7 Å². The maximum absolute atomic E-state index is 5.82. The number of likely N-dealkylation sites (N-methyl/N-ethyl adjacent to an activating group) is 1. The Labute approximate surface area is 109 Å². The summed E-state index contributed by atoms with van der Waals surface area (Å²) in [4.78, 5) is 2.35. The summed E-state index contributed by atoms with van der Waals surface area (Å²) in [7, 11) is 4.34. The molecule has 0 spiro atoms. The second kappa shape index (κ2) is 5.06. The Morgan fingerprint density at radius 1 is 1.17 bits per heavy atom. The molecule has 5 N–H and O–H groups in total. The molecule has 0 aliphatic heterocycles. The van der Waals surface area contributed by atoms with Crippen LogP contribution >= 0.6 is 0 Å². The molecule has 0 heterocycles. The molecule has 18 heavy (non-hydrogen) atoms. The van der Waals surface area contributed by atoms with Crippen molar-refractivity contribution in [1.82, 2.24) is 4.90 Å². The molecule has 1 aromatic carbocycles. The van der Waals surface area contributed by atoms with Crippen LogP contribution in [0.3, 0.4) is 0 Å². The van der Waals surface area contributed by atoms with Crippen LogP contribution in [0.2, 0.25) is 0 Å². The van der Waals surface area contributed by atoms with Crippen molar-refractivity contribution in [2.24, 2.45) is 0 Å². The van der Waals surface area contributed by atoms with E-state index < -0.39 is 0 Å². The van der Waals surface area contributed by atoms with Crippen LogP contribution in [-0.4, -0.2) is 31.1 Å². The third-order valence-electron chi connectivity index (χ3n) is 4.19. The van der Waals surface area contributed by atoms with E-state index in [0.29, 0.717) is 11.4 Å². The number of anilines is 3. The van der Waals surface area contributed by atoms with Crippen molar-refractivity contribution in [2.75, 3.05) is 37.4 Å². The maximum atomic E-state index is 5.82. The first-order valence-electron chi connectivity index (χ1n) is 6.60. The van der Waals surface area contributed by atoms with E-state index in [1.165, 1.54) is 25.7 Å². The van der Waals surface area contributed by atoms with Crippen molar-refractivity contribution in [3.05, 3.63) is 18.2 Å². The molecule has 0 bridgehead atoms. The number of nitrogens with two attached hydrogens (primary N) is 2. The van der Waals surface area contributed by atoms with Gasteiger partial charge in [0, 0.05) is 17.8 Å². The lowest BCUT2D eigenvalue weighted by molar-refractivity contribution is 0.172. The van der Waals surface area contributed by atoms with Crippen molar-refractivity contribution >= 4 is 17.1 Å². The molecule has 1 saturated carbocycles. The topological polar surface area (TPSA) is 67.3 Å². The Balaban J connectivity index is 2.03. The highest BCUT2D eigenvalue weighted by molar-refractivity contribution is 5.69. The van der Waals surface area contributed by atoms with Gasteiger partial charge in [-0.15, -0.1) is 0 Å². The van der Waals surface area contributed by atoms with Crippen LogP contribution in [0.25, 0.3) is 0 Å². The third-order valence-corrected chi connectivity index (χ3v) is 4.19. The minimum absolute atomic E-state index is 0.288. The summed E-state index contributed by atoms with van der Waals surface area (Å²) in [5.41, 5.74) is 14.2. The van der Waals surface area contributed by atoms with Gasteiger partial charge in [-0.1, -0.05) is 12.8 Å². The average Bonchev–Trinajstić information content (AvgIpc) is 2.81. The van der Waals surface area contributed by atoms with E-state index in [0.717, 1.165) is 12.2 Å². The third kappa shape index (κ3) is 2.53. The number of rotatable bonds is 4. The molecule has 1 aromatic rings. The van der Waals surface area contributed by atoms with Crippen LogP contribution in [0, 0.1) is 0 Å². The summed E-state index contributed by atoms with van der Waals surface area (Å²) in [6.07, 6.45) is 5.17. The SMILES string of the molecule is CN(C)C1(CNc2ccc(N)c(N)c2)CCCC1. The van der Waals surface area contributed by atoms with Gasteiger partial charge in [0.1, 0.15) is 0 Å². The van der Waals surface area contributed by atoms with Crippen LogP contribution in [0.1, 0.15) is 25.7 Å². The largest absolute Gasteiger partial charge is 0.397 e. The summed E-state index contributed by atoms with van der Waals surface area (Å²) in [6.45, 7) is 0.962. The first kappa shape index (κ1) is 13.0. The lowest BCUT2D eigenvalue weighted by atomic mass is 9.96. The summed E-state index contributed by atoms with van der Waals surface area (Å²) < 4.78 is 0. The summed E-state index contributed by atoms with van der Waals surface area (Å²) in [6, 6.07) is 5.76. The van der Waals surface area contributed by atoms with Gasteiger partial charge in [-0.3, -0.25) is 0 Å². The Kier molecular flexibility index (Phi) is 3.66. The van der Waals surface area contributed by atoms with Crippen LogP contribution in [0.15, 0.2) is 18.2 Å². The Hall–Kier alpha value is -1.42. The highest BCUT2D eigenvalue weighted by Crippen LogP contribution is 2.34. The van der Waals surface area contributed by atoms with E-state index in [9.17, 15) is 0 Å². The molecule has 1 fully saturated rings. The number of nitrogens with zero attached hydrogens (tertiary/aromatic N) is 1. The van der Waals surface area contributed by atoms with Crippen molar-refractivity contribution < 1.29 is 0 Å². The van der Waals surface area contributed by atoms with Crippen LogP contribution < -0.4 is 16.8 Å². The summed E-state index contributed by atoms with van der Waals surface area (Å²) >= 11 is 0. The van der Waals surface area contributed by atoms with Gasteiger partial charge in [-0.2, -0.15) is 0 Å². The van der Waals surface area contributed by atoms with Crippen LogP contribution in [0.5, 0.6) is 0 Å². The number of benzene rings is 1. The molecule has 0 unspecified atom stereocenters. The smallest absolute Gasteiger partial charge is 0.0568 e. The van der Waals surface area contributed by atoms with E-state index in [2.05, 4.69) is 24.3 Å². The fourth-order valence-electron chi connectivity index (χ4n) is 2.77. The molecule has 0 saturated heterocycles. The minimum atomic E-state index is 0.288.